The molecule has 6 nitrogen and oxygen atoms in total. The van der Waals surface area contributed by atoms with E-state index < -0.39 is 0 Å². The Kier molecular flexibility index (Phi) is 3.86. The molecule has 122 valence electrons. The molecule has 0 radical (unpaired) electrons. The van der Waals surface area contributed by atoms with E-state index in [4.69, 9.17) is 9.47 Å². The minimum absolute atomic E-state index is 0.0665. The van der Waals surface area contributed by atoms with E-state index in [2.05, 4.69) is 22.1 Å². The van der Waals surface area contributed by atoms with E-state index in [1.54, 1.807) is 17.2 Å². The van der Waals surface area contributed by atoms with Crippen molar-refractivity contribution in [2.75, 3.05) is 6.61 Å². The first-order valence-corrected chi connectivity index (χ1v) is 7.98. The number of benzene rings is 1. The average Bonchev–Trinajstić information content (AvgIpc) is 3.15. The number of fused-ring (bicyclic) bond motifs is 1. The lowest BCUT2D eigenvalue weighted by Crippen LogP contribution is -2.29. The molecular weight excluding hydrogens is 304 g/mol. The topological polar surface area (TPSA) is 62.1 Å². The minimum Gasteiger partial charge on any atom is -0.486 e. The van der Waals surface area contributed by atoms with Crippen LogP contribution in [0, 0.1) is 6.92 Å². The first kappa shape index (κ1) is 14.7. The van der Waals surface area contributed by atoms with Crippen LogP contribution in [0.5, 0.6) is 11.5 Å². The lowest BCUT2D eigenvalue weighted by molar-refractivity contribution is 0.0851. The molecule has 1 unspecified atom stereocenters. The van der Waals surface area contributed by atoms with Gasteiger partial charge in [0.15, 0.2) is 11.5 Å². The highest BCUT2D eigenvalue weighted by Crippen LogP contribution is 2.32. The standard InChI is InChI=1S/C18H18N4O2/c1-13-8-18(22-11-20-21-12-22)19-9-14(13)6-7-15-10-23-16-4-2-3-5-17(16)24-15/h2-5,8-9,11-12,15H,6-7,10H2,1H3. The number of ether oxygens (including phenoxy) is 2. The Hall–Kier alpha value is -2.89. The number of hydrogen-bond donors (Lipinski definition) is 0. The van der Waals surface area contributed by atoms with Crippen LogP contribution < -0.4 is 9.47 Å². The summed E-state index contributed by atoms with van der Waals surface area (Å²) in [6.45, 7) is 2.68. The van der Waals surface area contributed by atoms with Crippen LogP contribution in [-0.4, -0.2) is 32.5 Å². The van der Waals surface area contributed by atoms with Gasteiger partial charge in [-0.3, -0.25) is 4.57 Å². The lowest BCUT2D eigenvalue weighted by Gasteiger charge is -2.26. The van der Waals surface area contributed by atoms with Gasteiger partial charge < -0.3 is 9.47 Å². The van der Waals surface area contributed by atoms with Gasteiger partial charge in [0.2, 0.25) is 0 Å². The Morgan fingerprint density at radius 2 is 1.96 bits per heavy atom. The highest BCUT2D eigenvalue weighted by molar-refractivity contribution is 5.40. The third-order valence-electron chi connectivity index (χ3n) is 4.19. The number of rotatable bonds is 4. The van der Waals surface area contributed by atoms with Gasteiger partial charge in [-0.1, -0.05) is 12.1 Å². The summed E-state index contributed by atoms with van der Waals surface area (Å²) in [7, 11) is 0. The molecule has 1 aromatic carbocycles. The van der Waals surface area contributed by atoms with Gasteiger partial charge in [-0.25, -0.2) is 4.98 Å². The van der Waals surface area contributed by atoms with Crippen molar-refractivity contribution in [3.8, 4) is 17.3 Å². The van der Waals surface area contributed by atoms with E-state index in [9.17, 15) is 0 Å². The van der Waals surface area contributed by atoms with Crippen molar-refractivity contribution < 1.29 is 9.47 Å². The van der Waals surface area contributed by atoms with E-state index in [1.165, 1.54) is 11.1 Å². The van der Waals surface area contributed by atoms with E-state index in [0.717, 1.165) is 30.2 Å². The molecule has 1 atom stereocenters. The molecule has 4 rings (SSSR count). The maximum atomic E-state index is 6.01. The maximum Gasteiger partial charge on any atom is 0.161 e. The van der Waals surface area contributed by atoms with Gasteiger partial charge in [0, 0.05) is 6.20 Å². The Morgan fingerprint density at radius 3 is 2.75 bits per heavy atom. The molecule has 1 aliphatic rings. The summed E-state index contributed by atoms with van der Waals surface area (Å²) < 4.78 is 13.6. The van der Waals surface area contributed by atoms with Gasteiger partial charge in [-0.15, -0.1) is 10.2 Å². The first-order valence-electron chi connectivity index (χ1n) is 7.98. The van der Waals surface area contributed by atoms with Crippen LogP contribution in [0.2, 0.25) is 0 Å². The normalized spacial score (nSPS) is 16.1. The van der Waals surface area contributed by atoms with Gasteiger partial charge in [-0.05, 0) is 49.1 Å². The third kappa shape index (κ3) is 2.95. The summed E-state index contributed by atoms with van der Waals surface area (Å²) in [6.07, 6.45) is 7.07. The Balaban J connectivity index is 1.41. The first-order chi connectivity index (χ1) is 11.8. The molecule has 0 N–H and O–H groups in total. The van der Waals surface area contributed by atoms with E-state index in [1.807, 2.05) is 36.5 Å². The smallest absolute Gasteiger partial charge is 0.161 e. The molecule has 0 spiro atoms. The van der Waals surface area contributed by atoms with Crippen LogP contribution in [0.3, 0.4) is 0 Å². The van der Waals surface area contributed by atoms with Gasteiger partial charge in [0.25, 0.3) is 0 Å². The monoisotopic (exact) mass is 322 g/mol. The summed E-state index contributed by atoms with van der Waals surface area (Å²) in [5, 5.41) is 7.62. The largest absolute Gasteiger partial charge is 0.486 e. The molecule has 0 bridgehead atoms. The number of nitrogens with zero attached hydrogens (tertiary/aromatic N) is 4. The number of aromatic nitrogens is 4. The van der Waals surface area contributed by atoms with Gasteiger partial charge >= 0.3 is 0 Å². The van der Waals surface area contributed by atoms with Gasteiger partial charge in [-0.2, -0.15) is 0 Å². The zero-order valence-corrected chi connectivity index (χ0v) is 13.4. The highest BCUT2D eigenvalue weighted by atomic mass is 16.6. The molecule has 2 aromatic heterocycles. The predicted molar refractivity (Wildman–Crippen MR) is 88.6 cm³/mol. The lowest BCUT2D eigenvalue weighted by atomic mass is 10.0. The fourth-order valence-corrected chi connectivity index (χ4v) is 2.81. The molecule has 0 saturated heterocycles. The van der Waals surface area contributed by atoms with Crippen molar-refractivity contribution in [3.63, 3.8) is 0 Å². The molecule has 1 aliphatic heterocycles. The number of para-hydroxylation sites is 2. The SMILES string of the molecule is Cc1cc(-n2cnnc2)ncc1CCC1COc2ccccc2O1. The second kappa shape index (κ2) is 6.31. The fourth-order valence-electron chi connectivity index (χ4n) is 2.81. The molecule has 0 amide bonds. The van der Waals surface area contributed by atoms with E-state index >= 15 is 0 Å². The molecule has 0 saturated carbocycles. The summed E-state index contributed by atoms with van der Waals surface area (Å²) in [6, 6.07) is 9.84. The highest BCUT2D eigenvalue weighted by Gasteiger charge is 2.20. The zero-order valence-electron chi connectivity index (χ0n) is 13.4. The van der Waals surface area contributed by atoms with E-state index in [0.29, 0.717) is 6.61 Å². The second-order valence-electron chi connectivity index (χ2n) is 5.87. The van der Waals surface area contributed by atoms with Crippen LogP contribution in [0.1, 0.15) is 17.5 Å². The minimum atomic E-state index is 0.0665. The number of hydrogen-bond acceptors (Lipinski definition) is 5. The summed E-state index contributed by atoms with van der Waals surface area (Å²) in [4.78, 5) is 4.49. The molecule has 0 aliphatic carbocycles. The number of pyridine rings is 1. The molecule has 24 heavy (non-hydrogen) atoms. The summed E-state index contributed by atoms with van der Waals surface area (Å²) in [5.41, 5.74) is 2.42. The molecule has 3 aromatic rings. The Morgan fingerprint density at radius 1 is 1.17 bits per heavy atom. The van der Waals surface area contributed by atoms with Crippen molar-refractivity contribution >= 4 is 0 Å². The van der Waals surface area contributed by atoms with E-state index in [-0.39, 0.29) is 6.10 Å². The predicted octanol–water partition coefficient (Wildman–Crippen LogP) is 2.74. The van der Waals surface area contributed by atoms with Gasteiger partial charge in [0.05, 0.1) is 0 Å². The van der Waals surface area contributed by atoms with Crippen LogP contribution in [0.4, 0.5) is 0 Å². The Bertz CT molecular complexity index is 833. The molecule has 3 heterocycles. The quantitative estimate of drug-likeness (QED) is 0.739. The number of aryl methyl sites for hydroxylation is 2. The zero-order chi connectivity index (χ0) is 16.4. The van der Waals surface area contributed by atoms with Crippen LogP contribution in [0.15, 0.2) is 49.2 Å². The maximum absolute atomic E-state index is 6.01. The van der Waals surface area contributed by atoms with Crippen molar-refractivity contribution in [1.29, 1.82) is 0 Å². The van der Waals surface area contributed by atoms with Crippen LogP contribution in [-0.2, 0) is 6.42 Å². The van der Waals surface area contributed by atoms with Crippen molar-refractivity contribution in [2.24, 2.45) is 0 Å². The summed E-state index contributed by atoms with van der Waals surface area (Å²) >= 11 is 0. The second-order valence-corrected chi connectivity index (χ2v) is 5.87. The molecule has 6 heteroatoms. The average molecular weight is 322 g/mol. The third-order valence-corrected chi connectivity index (χ3v) is 4.19. The fraction of sp³-hybridized carbons (Fsp3) is 0.278. The molecular formula is C18H18N4O2. The Labute approximate surface area is 140 Å². The van der Waals surface area contributed by atoms with Gasteiger partial charge in [0.1, 0.15) is 31.2 Å². The van der Waals surface area contributed by atoms with Crippen molar-refractivity contribution in [1.82, 2.24) is 19.7 Å². The molecule has 0 fully saturated rings. The van der Waals surface area contributed by atoms with Crippen LogP contribution in [0.25, 0.3) is 5.82 Å². The van der Waals surface area contributed by atoms with Crippen molar-refractivity contribution in [3.05, 3.63) is 60.3 Å². The van der Waals surface area contributed by atoms with Crippen molar-refractivity contribution in [2.45, 2.75) is 25.9 Å². The van der Waals surface area contributed by atoms with Crippen LogP contribution >= 0.6 is 0 Å². The summed E-state index contributed by atoms with van der Waals surface area (Å²) in [5.74, 6) is 2.48.